The zero-order valence-corrected chi connectivity index (χ0v) is 17.1. The van der Waals surface area contributed by atoms with Crippen molar-refractivity contribution < 1.29 is 13.9 Å². The van der Waals surface area contributed by atoms with Gasteiger partial charge >= 0.3 is 5.56 Å². The summed E-state index contributed by atoms with van der Waals surface area (Å²) < 4.78 is 21.4. The lowest BCUT2D eigenvalue weighted by molar-refractivity contribution is -0.116. The van der Waals surface area contributed by atoms with Crippen molar-refractivity contribution in [2.24, 2.45) is 0 Å². The molecule has 31 heavy (non-hydrogen) atoms. The second-order valence-corrected chi connectivity index (χ2v) is 7.07. The quantitative estimate of drug-likeness (QED) is 0.496. The minimum atomic E-state index is -0.449. The Labute approximate surface area is 180 Å². The molecule has 0 bridgehead atoms. The number of halogens is 2. The Balaban J connectivity index is 1.49. The van der Waals surface area contributed by atoms with Crippen molar-refractivity contribution in [2.75, 3.05) is 12.4 Å². The number of ether oxygens (including phenoxy) is 1. The summed E-state index contributed by atoms with van der Waals surface area (Å²) in [7, 11) is 1.51. The lowest BCUT2D eigenvalue weighted by Crippen LogP contribution is -2.20. The highest BCUT2D eigenvalue weighted by molar-refractivity contribution is 6.32. The number of hydrogen-bond donors (Lipinski definition) is 1. The predicted molar refractivity (Wildman–Crippen MR) is 113 cm³/mol. The van der Waals surface area contributed by atoms with Crippen LogP contribution in [0.3, 0.4) is 0 Å². The van der Waals surface area contributed by atoms with Gasteiger partial charge in [-0.15, -0.1) is 10.2 Å². The average molecular weight is 442 g/mol. The smallest absolute Gasteiger partial charge is 0.300 e. The van der Waals surface area contributed by atoms with Gasteiger partial charge in [0.05, 0.1) is 17.8 Å². The number of aryl methyl sites for hydroxylation is 1. The van der Waals surface area contributed by atoms with E-state index in [9.17, 15) is 14.0 Å². The molecule has 0 fully saturated rings. The van der Waals surface area contributed by atoms with E-state index in [4.69, 9.17) is 16.3 Å². The van der Waals surface area contributed by atoms with E-state index >= 15 is 0 Å². The molecule has 4 rings (SSSR count). The summed E-state index contributed by atoms with van der Waals surface area (Å²) in [5, 5.41) is 11.1. The van der Waals surface area contributed by atoms with Gasteiger partial charge in [-0.3, -0.25) is 18.6 Å². The van der Waals surface area contributed by atoms with Crippen molar-refractivity contribution in [1.82, 2.24) is 19.2 Å². The number of rotatable bonds is 6. The maximum absolute atomic E-state index is 13.5. The van der Waals surface area contributed by atoms with Crippen molar-refractivity contribution in [1.29, 1.82) is 0 Å². The second-order valence-electron chi connectivity index (χ2n) is 6.66. The normalized spacial score (nSPS) is 10.9. The number of amides is 1. The van der Waals surface area contributed by atoms with E-state index < -0.39 is 11.4 Å². The van der Waals surface area contributed by atoms with E-state index in [1.165, 1.54) is 40.5 Å². The molecule has 0 saturated heterocycles. The molecule has 2 heterocycles. The minimum absolute atomic E-state index is 0.0871. The number of carbonyl (C=O) groups is 1. The Hall–Kier alpha value is -3.72. The number of hydrogen-bond acceptors (Lipinski definition) is 5. The molecule has 10 heteroatoms. The summed E-state index contributed by atoms with van der Waals surface area (Å²) >= 11 is 6.07. The lowest BCUT2D eigenvalue weighted by atomic mass is 10.2. The molecule has 2 aromatic heterocycles. The number of anilines is 1. The summed E-state index contributed by atoms with van der Waals surface area (Å²) in [6.45, 7) is 0. The molecule has 0 radical (unpaired) electrons. The average Bonchev–Trinajstić information content (AvgIpc) is 3.17. The van der Waals surface area contributed by atoms with Gasteiger partial charge < -0.3 is 10.1 Å². The fourth-order valence-corrected chi connectivity index (χ4v) is 3.39. The standard InChI is InChI=1S/C21H17ClFN5O3/c1-31-17-6-5-14(12-16(17)22)24-19(29)8-7-18-25-26-20-21(30)27(9-10-28(18)20)15-4-2-3-13(23)11-15/h2-6,9-12H,7-8H2,1H3,(H,24,29). The van der Waals surface area contributed by atoms with Crippen LogP contribution in [-0.2, 0) is 11.2 Å². The van der Waals surface area contributed by atoms with Gasteiger partial charge in [0.2, 0.25) is 11.6 Å². The van der Waals surface area contributed by atoms with Gasteiger partial charge in [-0.1, -0.05) is 17.7 Å². The maximum atomic E-state index is 13.5. The van der Waals surface area contributed by atoms with E-state index in [-0.39, 0.29) is 24.4 Å². The molecule has 0 saturated carbocycles. The molecule has 0 spiro atoms. The zero-order valence-electron chi connectivity index (χ0n) is 16.4. The van der Waals surface area contributed by atoms with Crippen LogP contribution in [-0.4, -0.2) is 32.2 Å². The Morgan fingerprint density at radius 1 is 1.19 bits per heavy atom. The third-order valence-electron chi connectivity index (χ3n) is 4.64. The van der Waals surface area contributed by atoms with E-state index in [1.54, 1.807) is 30.5 Å². The van der Waals surface area contributed by atoms with Crippen LogP contribution in [0.2, 0.25) is 5.02 Å². The van der Waals surface area contributed by atoms with E-state index in [2.05, 4.69) is 15.5 Å². The number of carbonyl (C=O) groups excluding carboxylic acids is 1. The fraction of sp³-hybridized carbons (Fsp3) is 0.143. The summed E-state index contributed by atoms with van der Waals surface area (Å²) in [6.07, 6.45) is 3.51. The van der Waals surface area contributed by atoms with Crippen molar-refractivity contribution >= 4 is 28.8 Å². The molecule has 1 amide bonds. The molecule has 0 aliphatic heterocycles. The molecule has 4 aromatic rings. The topological polar surface area (TPSA) is 90.5 Å². The summed E-state index contributed by atoms with van der Waals surface area (Å²) in [5.41, 5.74) is 0.572. The highest BCUT2D eigenvalue weighted by atomic mass is 35.5. The van der Waals surface area contributed by atoms with Crippen LogP contribution in [0.25, 0.3) is 11.3 Å². The highest BCUT2D eigenvalue weighted by Gasteiger charge is 2.14. The van der Waals surface area contributed by atoms with Gasteiger partial charge in [0.25, 0.3) is 0 Å². The lowest BCUT2D eigenvalue weighted by Gasteiger charge is -2.08. The van der Waals surface area contributed by atoms with Gasteiger partial charge in [0, 0.05) is 30.9 Å². The molecule has 0 aliphatic rings. The Morgan fingerprint density at radius 3 is 2.77 bits per heavy atom. The molecule has 0 aliphatic carbocycles. The first-order chi connectivity index (χ1) is 15.0. The number of fused-ring (bicyclic) bond motifs is 1. The van der Waals surface area contributed by atoms with Crippen molar-refractivity contribution in [3.05, 3.63) is 81.9 Å². The van der Waals surface area contributed by atoms with Crippen LogP contribution in [0.5, 0.6) is 5.75 Å². The van der Waals surface area contributed by atoms with Crippen LogP contribution in [0.15, 0.2) is 59.7 Å². The van der Waals surface area contributed by atoms with Gasteiger partial charge in [-0.2, -0.15) is 0 Å². The molecule has 1 N–H and O–H groups in total. The zero-order chi connectivity index (χ0) is 22.0. The van der Waals surface area contributed by atoms with Crippen molar-refractivity contribution in [2.45, 2.75) is 12.8 Å². The third-order valence-corrected chi connectivity index (χ3v) is 4.93. The SMILES string of the molecule is COc1ccc(NC(=O)CCc2nnc3c(=O)n(-c4cccc(F)c4)ccn23)cc1Cl. The Bertz CT molecular complexity index is 1330. The number of aromatic nitrogens is 4. The first-order valence-electron chi connectivity index (χ1n) is 9.31. The number of nitrogens with zero attached hydrogens (tertiary/aromatic N) is 4. The number of methoxy groups -OCH3 is 1. The first kappa shape index (κ1) is 20.5. The molecular weight excluding hydrogens is 425 g/mol. The van der Waals surface area contributed by atoms with Crippen LogP contribution in [0.1, 0.15) is 12.2 Å². The monoisotopic (exact) mass is 441 g/mol. The van der Waals surface area contributed by atoms with E-state index in [0.29, 0.717) is 28.0 Å². The van der Waals surface area contributed by atoms with Crippen LogP contribution in [0, 0.1) is 5.82 Å². The van der Waals surface area contributed by atoms with Crippen LogP contribution < -0.4 is 15.6 Å². The largest absolute Gasteiger partial charge is 0.495 e. The maximum Gasteiger partial charge on any atom is 0.300 e. The number of benzene rings is 2. The molecule has 158 valence electrons. The van der Waals surface area contributed by atoms with Crippen LogP contribution in [0.4, 0.5) is 10.1 Å². The number of nitrogens with one attached hydrogen (secondary N) is 1. The molecule has 8 nitrogen and oxygen atoms in total. The summed E-state index contributed by atoms with van der Waals surface area (Å²) in [5.74, 6) is 0.279. The fourth-order valence-electron chi connectivity index (χ4n) is 3.13. The summed E-state index contributed by atoms with van der Waals surface area (Å²) in [6, 6.07) is 10.6. The predicted octanol–water partition coefficient (Wildman–Crippen LogP) is 3.25. The van der Waals surface area contributed by atoms with Gasteiger partial charge in [-0.05, 0) is 36.4 Å². The molecule has 0 unspecified atom stereocenters. The summed E-state index contributed by atoms with van der Waals surface area (Å²) in [4.78, 5) is 25.0. The second kappa shape index (κ2) is 8.57. The third kappa shape index (κ3) is 4.26. The molecular formula is C21H17ClFN5O3. The van der Waals surface area contributed by atoms with Gasteiger partial charge in [0.15, 0.2) is 0 Å². The molecule has 2 aromatic carbocycles. The molecule has 0 atom stereocenters. The van der Waals surface area contributed by atoms with Crippen molar-refractivity contribution in [3.63, 3.8) is 0 Å². The first-order valence-corrected chi connectivity index (χ1v) is 9.68. The van der Waals surface area contributed by atoms with Gasteiger partial charge in [0.1, 0.15) is 17.4 Å². The Morgan fingerprint density at radius 2 is 2.03 bits per heavy atom. The highest BCUT2D eigenvalue weighted by Crippen LogP contribution is 2.27. The van der Waals surface area contributed by atoms with Gasteiger partial charge in [-0.25, -0.2) is 4.39 Å². The van der Waals surface area contributed by atoms with Crippen molar-refractivity contribution in [3.8, 4) is 11.4 Å². The Kier molecular flexibility index (Phi) is 5.68. The van der Waals surface area contributed by atoms with E-state index in [1.807, 2.05) is 0 Å². The minimum Gasteiger partial charge on any atom is -0.495 e. The van der Waals surface area contributed by atoms with Crippen LogP contribution >= 0.6 is 11.6 Å². The van der Waals surface area contributed by atoms with E-state index in [0.717, 1.165) is 0 Å².